The van der Waals surface area contributed by atoms with Crippen molar-refractivity contribution in [2.45, 2.75) is 6.54 Å². The normalized spacial score (nSPS) is 15.1. The maximum atomic E-state index is 12.3. The number of aryl methyl sites for hydroxylation is 1. The Kier molecular flexibility index (Phi) is 5.86. The molecule has 0 aromatic carbocycles. The zero-order chi connectivity index (χ0) is 20.3. The van der Waals surface area contributed by atoms with E-state index in [1.54, 1.807) is 31.1 Å². The molecule has 1 aliphatic rings. The number of aromatic nitrogens is 4. The van der Waals surface area contributed by atoms with Crippen LogP contribution < -0.4 is 20.7 Å². The molecule has 10 heteroatoms. The van der Waals surface area contributed by atoms with E-state index < -0.39 is 0 Å². The lowest BCUT2D eigenvalue weighted by atomic mass is 10.3. The highest BCUT2D eigenvalue weighted by Gasteiger charge is 2.22. The lowest BCUT2D eigenvalue weighted by Gasteiger charge is -2.36. The summed E-state index contributed by atoms with van der Waals surface area (Å²) in [5.41, 5.74) is 1.02. The number of piperazine rings is 1. The maximum Gasteiger partial charge on any atom is 0.293 e. The Balaban J connectivity index is 1.60. The summed E-state index contributed by atoms with van der Waals surface area (Å²) >= 11 is 0. The van der Waals surface area contributed by atoms with Crippen molar-refractivity contribution in [1.82, 2.24) is 29.3 Å². The quantitative estimate of drug-likeness (QED) is 0.558. The molecule has 0 spiro atoms. The fourth-order valence-corrected chi connectivity index (χ4v) is 3.35. The molecular formula is C18H29N9O. The highest BCUT2D eigenvalue weighted by Crippen LogP contribution is 2.12. The van der Waals surface area contributed by atoms with Crippen LogP contribution in [-0.2, 0) is 20.6 Å². The summed E-state index contributed by atoms with van der Waals surface area (Å²) in [5, 5.41) is 3.42. The van der Waals surface area contributed by atoms with Gasteiger partial charge in [0.05, 0.1) is 18.4 Å². The van der Waals surface area contributed by atoms with Crippen LogP contribution in [0.4, 0.5) is 11.8 Å². The van der Waals surface area contributed by atoms with Crippen molar-refractivity contribution in [1.29, 1.82) is 0 Å². The largest absolute Gasteiger partial charge is 0.351 e. The number of rotatable bonds is 4. The van der Waals surface area contributed by atoms with Crippen molar-refractivity contribution in [3.05, 3.63) is 34.6 Å². The number of nitrogens with one attached hydrogen (secondary N) is 1. The molecule has 1 saturated heterocycles. The Bertz CT molecular complexity index is 891. The number of guanidine groups is 1. The minimum Gasteiger partial charge on any atom is -0.351 e. The summed E-state index contributed by atoms with van der Waals surface area (Å²) in [4.78, 5) is 31.6. The molecular weight excluding hydrogens is 358 g/mol. The number of nitrogens with zero attached hydrogens (tertiary/aromatic N) is 8. The molecule has 10 nitrogen and oxygen atoms in total. The fourth-order valence-electron chi connectivity index (χ4n) is 3.35. The molecule has 1 aliphatic heterocycles. The van der Waals surface area contributed by atoms with E-state index in [9.17, 15) is 4.79 Å². The van der Waals surface area contributed by atoms with E-state index in [1.807, 2.05) is 37.1 Å². The van der Waals surface area contributed by atoms with E-state index in [1.165, 1.54) is 0 Å². The SMILES string of the molecule is CN=C(NCc1cnc(N(C)C)n1C)N1CCN(c2nccn(C)c2=O)CC1. The number of aliphatic imine (C=N–C) groups is 1. The van der Waals surface area contributed by atoms with E-state index in [4.69, 9.17) is 0 Å². The first-order valence-electron chi connectivity index (χ1n) is 9.32. The van der Waals surface area contributed by atoms with E-state index in [2.05, 4.69) is 29.7 Å². The van der Waals surface area contributed by atoms with Crippen LogP contribution >= 0.6 is 0 Å². The van der Waals surface area contributed by atoms with Crippen LogP contribution in [0.3, 0.4) is 0 Å². The molecule has 0 amide bonds. The van der Waals surface area contributed by atoms with Gasteiger partial charge < -0.3 is 29.2 Å². The summed E-state index contributed by atoms with van der Waals surface area (Å²) in [6, 6.07) is 0. The number of hydrogen-bond donors (Lipinski definition) is 1. The minimum atomic E-state index is -0.0636. The van der Waals surface area contributed by atoms with Crippen LogP contribution in [0.1, 0.15) is 5.69 Å². The minimum absolute atomic E-state index is 0.0636. The van der Waals surface area contributed by atoms with Gasteiger partial charge in [-0.2, -0.15) is 0 Å². The smallest absolute Gasteiger partial charge is 0.293 e. The van der Waals surface area contributed by atoms with Crippen LogP contribution in [0, 0.1) is 0 Å². The molecule has 152 valence electrons. The third-order valence-corrected chi connectivity index (χ3v) is 4.98. The molecule has 28 heavy (non-hydrogen) atoms. The molecule has 2 aromatic rings. The van der Waals surface area contributed by atoms with Gasteiger partial charge in [-0.3, -0.25) is 9.79 Å². The monoisotopic (exact) mass is 387 g/mol. The third-order valence-electron chi connectivity index (χ3n) is 4.98. The molecule has 1 fully saturated rings. The Morgan fingerprint density at radius 2 is 1.93 bits per heavy atom. The second-order valence-electron chi connectivity index (χ2n) is 7.04. The molecule has 2 aromatic heterocycles. The highest BCUT2D eigenvalue weighted by atomic mass is 16.1. The average Bonchev–Trinajstić information content (AvgIpc) is 3.06. The average molecular weight is 387 g/mol. The van der Waals surface area contributed by atoms with Gasteiger partial charge in [-0.1, -0.05) is 0 Å². The molecule has 0 radical (unpaired) electrons. The second kappa shape index (κ2) is 8.32. The van der Waals surface area contributed by atoms with Crippen LogP contribution in [0.15, 0.2) is 28.4 Å². The predicted octanol–water partition coefficient (Wildman–Crippen LogP) is -0.523. The van der Waals surface area contributed by atoms with E-state index in [0.717, 1.165) is 43.8 Å². The van der Waals surface area contributed by atoms with Crippen LogP contribution in [0.2, 0.25) is 0 Å². The van der Waals surface area contributed by atoms with Crippen LogP contribution in [0.5, 0.6) is 0 Å². The van der Waals surface area contributed by atoms with Gasteiger partial charge in [0, 0.05) is 73.8 Å². The number of imidazole rings is 1. The van der Waals surface area contributed by atoms with Crippen molar-refractivity contribution < 1.29 is 0 Å². The molecule has 0 aliphatic carbocycles. The van der Waals surface area contributed by atoms with Gasteiger partial charge >= 0.3 is 0 Å². The van der Waals surface area contributed by atoms with Crippen LogP contribution in [-0.4, -0.2) is 77.3 Å². The third kappa shape index (κ3) is 3.95. The lowest BCUT2D eigenvalue weighted by Crippen LogP contribution is -2.53. The zero-order valence-electron chi connectivity index (χ0n) is 17.3. The first kappa shape index (κ1) is 19.7. The van der Waals surface area contributed by atoms with Gasteiger partial charge in [0.25, 0.3) is 5.56 Å². The van der Waals surface area contributed by atoms with E-state index >= 15 is 0 Å². The van der Waals surface area contributed by atoms with Gasteiger partial charge in [-0.15, -0.1) is 0 Å². The summed E-state index contributed by atoms with van der Waals surface area (Å²) in [6.07, 6.45) is 5.22. The summed E-state index contributed by atoms with van der Waals surface area (Å²) < 4.78 is 3.63. The Labute approximate surface area is 165 Å². The predicted molar refractivity (Wildman–Crippen MR) is 111 cm³/mol. The van der Waals surface area contributed by atoms with Gasteiger partial charge in [-0.05, 0) is 0 Å². The fraction of sp³-hybridized carbons (Fsp3) is 0.556. The Hall–Kier alpha value is -3.04. The second-order valence-corrected chi connectivity index (χ2v) is 7.04. The standard InChI is InChI=1S/C18H29N9O/c1-19-17(21-12-14-13-22-18(23(2)3)25(14)5)27-10-8-26(9-11-27)15-16(28)24(4)7-6-20-15/h6-7,13H,8-12H2,1-5H3,(H,19,21). The van der Waals surface area contributed by atoms with E-state index in [-0.39, 0.29) is 5.56 Å². The molecule has 0 bridgehead atoms. The van der Waals surface area contributed by atoms with Gasteiger partial charge in [0.1, 0.15) is 0 Å². The van der Waals surface area contributed by atoms with E-state index in [0.29, 0.717) is 12.4 Å². The van der Waals surface area contributed by atoms with Gasteiger partial charge in [0.15, 0.2) is 11.8 Å². The maximum absolute atomic E-state index is 12.3. The lowest BCUT2D eigenvalue weighted by molar-refractivity contribution is 0.370. The van der Waals surface area contributed by atoms with Crippen molar-refractivity contribution >= 4 is 17.7 Å². The molecule has 0 saturated carbocycles. The van der Waals surface area contributed by atoms with Gasteiger partial charge in [0.2, 0.25) is 5.95 Å². The Morgan fingerprint density at radius 1 is 1.21 bits per heavy atom. The Morgan fingerprint density at radius 3 is 2.54 bits per heavy atom. The van der Waals surface area contributed by atoms with Crippen molar-refractivity contribution in [2.24, 2.45) is 19.1 Å². The van der Waals surface area contributed by atoms with Crippen molar-refractivity contribution in [3.63, 3.8) is 0 Å². The summed E-state index contributed by atoms with van der Waals surface area (Å²) in [7, 11) is 9.50. The van der Waals surface area contributed by atoms with Gasteiger partial charge in [-0.25, -0.2) is 9.97 Å². The first-order chi connectivity index (χ1) is 13.4. The topological polar surface area (TPSA) is 86.8 Å². The molecule has 1 N–H and O–H groups in total. The van der Waals surface area contributed by atoms with Crippen molar-refractivity contribution in [3.8, 4) is 0 Å². The number of hydrogen-bond acceptors (Lipinski definition) is 6. The summed E-state index contributed by atoms with van der Waals surface area (Å²) in [5.74, 6) is 2.28. The first-order valence-corrected chi connectivity index (χ1v) is 9.32. The van der Waals surface area contributed by atoms with Crippen molar-refractivity contribution in [2.75, 3.05) is 57.1 Å². The number of anilines is 2. The zero-order valence-corrected chi connectivity index (χ0v) is 17.3. The molecule has 3 heterocycles. The molecule has 0 atom stereocenters. The molecule has 3 rings (SSSR count). The molecule has 0 unspecified atom stereocenters. The van der Waals surface area contributed by atoms with Crippen LogP contribution in [0.25, 0.3) is 0 Å². The summed E-state index contributed by atoms with van der Waals surface area (Å²) in [6.45, 7) is 3.64. The highest BCUT2D eigenvalue weighted by molar-refractivity contribution is 5.80.